The van der Waals surface area contributed by atoms with Crippen molar-refractivity contribution in [3.05, 3.63) is 87.9 Å². The molecule has 0 aromatic heterocycles. The molecule has 0 atom stereocenters. The number of rotatable bonds is 5. The van der Waals surface area contributed by atoms with Crippen LogP contribution in [0.5, 0.6) is 5.75 Å². The van der Waals surface area contributed by atoms with E-state index in [9.17, 15) is 9.59 Å². The van der Waals surface area contributed by atoms with Gasteiger partial charge in [-0.05, 0) is 48.5 Å². The largest absolute Gasteiger partial charge is 0.494 e. The summed E-state index contributed by atoms with van der Waals surface area (Å²) >= 11 is 11.8. The molecule has 3 aromatic carbocycles. The number of hydrogen-bond acceptors (Lipinski definition) is 3. The highest BCUT2D eigenvalue weighted by Gasteiger charge is 2.13. The number of carbonyl (C=O) groups excluding carboxylic acids is 2. The van der Waals surface area contributed by atoms with Gasteiger partial charge in [0.25, 0.3) is 11.8 Å². The second kappa shape index (κ2) is 8.78. The molecule has 0 bridgehead atoms. The summed E-state index contributed by atoms with van der Waals surface area (Å²) in [6.07, 6.45) is 0. The van der Waals surface area contributed by atoms with E-state index in [-0.39, 0.29) is 11.8 Å². The van der Waals surface area contributed by atoms with E-state index in [4.69, 9.17) is 27.9 Å². The number of nitrogens with one attached hydrogen (secondary N) is 2. The van der Waals surface area contributed by atoms with Gasteiger partial charge in [-0.1, -0.05) is 35.3 Å². The number of methoxy groups -OCH3 is 1. The van der Waals surface area contributed by atoms with Crippen LogP contribution in [0.3, 0.4) is 0 Å². The summed E-state index contributed by atoms with van der Waals surface area (Å²) in [4.78, 5) is 24.8. The number of ether oxygens (including phenoxy) is 1. The van der Waals surface area contributed by atoms with Crippen molar-refractivity contribution in [2.24, 2.45) is 0 Å². The van der Waals surface area contributed by atoms with Gasteiger partial charge in [0.2, 0.25) is 0 Å². The molecule has 2 amide bonds. The van der Waals surface area contributed by atoms with Crippen LogP contribution in [-0.2, 0) is 0 Å². The number of amides is 2. The molecule has 0 aliphatic heterocycles. The zero-order valence-electron chi connectivity index (χ0n) is 14.8. The van der Waals surface area contributed by atoms with E-state index >= 15 is 0 Å². The van der Waals surface area contributed by atoms with Gasteiger partial charge in [-0.25, -0.2) is 0 Å². The van der Waals surface area contributed by atoms with Crippen molar-refractivity contribution in [1.82, 2.24) is 0 Å². The summed E-state index contributed by atoms with van der Waals surface area (Å²) in [6.45, 7) is 0. The zero-order chi connectivity index (χ0) is 20.1. The fourth-order valence-electron chi connectivity index (χ4n) is 2.53. The first-order chi connectivity index (χ1) is 13.5. The minimum absolute atomic E-state index is 0.305. The van der Waals surface area contributed by atoms with Gasteiger partial charge >= 0.3 is 0 Å². The second-order valence-electron chi connectivity index (χ2n) is 5.84. The molecule has 0 unspecified atom stereocenters. The number of anilines is 2. The first-order valence-corrected chi connectivity index (χ1v) is 9.04. The van der Waals surface area contributed by atoms with E-state index in [0.29, 0.717) is 38.3 Å². The Balaban J connectivity index is 1.76. The highest BCUT2D eigenvalue weighted by atomic mass is 35.5. The molecule has 0 fully saturated rings. The summed E-state index contributed by atoms with van der Waals surface area (Å²) in [6, 6.07) is 18.2. The molecule has 3 rings (SSSR count). The Morgan fingerprint density at radius 3 is 1.89 bits per heavy atom. The first kappa shape index (κ1) is 19.7. The topological polar surface area (TPSA) is 67.4 Å². The zero-order valence-corrected chi connectivity index (χ0v) is 16.3. The highest BCUT2D eigenvalue weighted by molar-refractivity contribution is 6.31. The maximum Gasteiger partial charge on any atom is 0.255 e. The number of carbonyl (C=O) groups is 2. The summed E-state index contributed by atoms with van der Waals surface area (Å²) in [5.41, 5.74) is 1.84. The van der Waals surface area contributed by atoms with Gasteiger partial charge in [0.05, 0.1) is 12.8 Å². The van der Waals surface area contributed by atoms with Crippen molar-refractivity contribution in [3.63, 3.8) is 0 Å². The first-order valence-electron chi connectivity index (χ1n) is 8.28. The van der Waals surface area contributed by atoms with Crippen LogP contribution in [0.25, 0.3) is 0 Å². The van der Waals surface area contributed by atoms with Crippen LogP contribution in [0, 0.1) is 0 Å². The van der Waals surface area contributed by atoms with Crippen LogP contribution in [-0.4, -0.2) is 18.9 Å². The molecule has 0 heterocycles. The number of benzene rings is 3. The molecule has 0 spiro atoms. The molecule has 0 aliphatic carbocycles. The minimum Gasteiger partial charge on any atom is -0.494 e. The van der Waals surface area contributed by atoms with E-state index < -0.39 is 0 Å². The SMILES string of the molecule is COc1cc(NC(=O)c2cccc(Cl)c2)ccc1NC(=O)c1cccc(Cl)c1. The molecular weight excluding hydrogens is 399 g/mol. The molecule has 28 heavy (non-hydrogen) atoms. The van der Waals surface area contributed by atoms with Gasteiger partial charge in [0.1, 0.15) is 5.75 Å². The maximum atomic E-state index is 12.4. The standard InChI is InChI=1S/C21H16Cl2N2O3/c1-28-19-12-17(24-20(26)13-4-2-6-15(22)10-13)8-9-18(19)25-21(27)14-5-3-7-16(23)11-14/h2-12H,1H3,(H,24,26)(H,25,27). The normalized spacial score (nSPS) is 10.2. The van der Waals surface area contributed by atoms with Crippen molar-refractivity contribution in [3.8, 4) is 5.75 Å². The van der Waals surface area contributed by atoms with Crippen molar-refractivity contribution < 1.29 is 14.3 Å². The summed E-state index contributed by atoms with van der Waals surface area (Å²) in [5, 5.41) is 6.49. The number of halogens is 2. The van der Waals surface area contributed by atoms with E-state index in [0.717, 1.165) is 0 Å². The van der Waals surface area contributed by atoms with Gasteiger partial charge in [0, 0.05) is 32.9 Å². The van der Waals surface area contributed by atoms with E-state index in [1.807, 2.05) is 0 Å². The lowest BCUT2D eigenvalue weighted by Crippen LogP contribution is -2.14. The third kappa shape index (κ3) is 4.82. The van der Waals surface area contributed by atoms with Gasteiger partial charge < -0.3 is 15.4 Å². The average Bonchev–Trinajstić information content (AvgIpc) is 2.69. The van der Waals surface area contributed by atoms with E-state index in [1.54, 1.807) is 66.7 Å². The molecular formula is C21H16Cl2N2O3. The Bertz CT molecular complexity index is 1040. The third-order valence-electron chi connectivity index (χ3n) is 3.88. The Morgan fingerprint density at radius 1 is 0.786 bits per heavy atom. The Kier molecular flexibility index (Phi) is 6.19. The van der Waals surface area contributed by atoms with Crippen LogP contribution in [0.2, 0.25) is 10.0 Å². The Morgan fingerprint density at radius 2 is 1.36 bits per heavy atom. The summed E-state index contributed by atoms with van der Waals surface area (Å²) < 4.78 is 5.34. The van der Waals surface area contributed by atoms with Gasteiger partial charge in [-0.3, -0.25) is 9.59 Å². The predicted molar refractivity (Wildman–Crippen MR) is 112 cm³/mol. The minimum atomic E-state index is -0.323. The lowest BCUT2D eigenvalue weighted by Gasteiger charge is -2.13. The van der Waals surface area contributed by atoms with Crippen molar-refractivity contribution in [2.75, 3.05) is 17.7 Å². The molecule has 0 radical (unpaired) electrons. The second-order valence-corrected chi connectivity index (χ2v) is 6.72. The molecule has 7 heteroatoms. The fraction of sp³-hybridized carbons (Fsp3) is 0.0476. The Labute approximate surface area is 172 Å². The van der Waals surface area contributed by atoms with Crippen molar-refractivity contribution in [2.45, 2.75) is 0 Å². The van der Waals surface area contributed by atoms with Crippen molar-refractivity contribution in [1.29, 1.82) is 0 Å². The molecule has 0 saturated heterocycles. The predicted octanol–water partition coefficient (Wildman–Crippen LogP) is 5.51. The average molecular weight is 415 g/mol. The monoisotopic (exact) mass is 414 g/mol. The van der Waals surface area contributed by atoms with Crippen LogP contribution in [0.1, 0.15) is 20.7 Å². The quantitative estimate of drug-likeness (QED) is 0.578. The van der Waals surface area contributed by atoms with Gasteiger partial charge in [-0.15, -0.1) is 0 Å². The Hall–Kier alpha value is -3.02. The molecule has 0 aliphatic rings. The van der Waals surface area contributed by atoms with E-state index in [1.165, 1.54) is 7.11 Å². The third-order valence-corrected chi connectivity index (χ3v) is 4.35. The molecule has 142 valence electrons. The molecule has 2 N–H and O–H groups in total. The molecule has 5 nitrogen and oxygen atoms in total. The fourth-order valence-corrected chi connectivity index (χ4v) is 2.91. The van der Waals surface area contributed by atoms with Crippen LogP contribution in [0.4, 0.5) is 11.4 Å². The van der Waals surface area contributed by atoms with Gasteiger partial charge in [-0.2, -0.15) is 0 Å². The number of hydrogen-bond donors (Lipinski definition) is 2. The molecule has 0 saturated carbocycles. The van der Waals surface area contributed by atoms with Crippen LogP contribution < -0.4 is 15.4 Å². The highest BCUT2D eigenvalue weighted by Crippen LogP contribution is 2.29. The lowest BCUT2D eigenvalue weighted by molar-refractivity contribution is 0.101. The van der Waals surface area contributed by atoms with Gasteiger partial charge in [0.15, 0.2) is 0 Å². The van der Waals surface area contributed by atoms with Crippen LogP contribution >= 0.6 is 23.2 Å². The van der Waals surface area contributed by atoms with E-state index in [2.05, 4.69) is 10.6 Å². The lowest BCUT2D eigenvalue weighted by atomic mass is 10.2. The summed E-state index contributed by atoms with van der Waals surface area (Å²) in [7, 11) is 1.48. The smallest absolute Gasteiger partial charge is 0.255 e. The van der Waals surface area contributed by atoms with Crippen LogP contribution in [0.15, 0.2) is 66.7 Å². The van der Waals surface area contributed by atoms with Crippen molar-refractivity contribution >= 4 is 46.4 Å². The molecule has 3 aromatic rings. The maximum absolute atomic E-state index is 12.4. The summed E-state index contributed by atoms with van der Waals surface area (Å²) in [5.74, 6) is -0.226.